The van der Waals surface area contributed by atoms with E-state index in [2.05, 4.69) is 25.3 Å². The minimum atomic E-state index is -0.960. The molecule has 2 heterocycles. The normalized spacial score (nSPS) is 11.0. The van der Waals surface area contributed by atoms with Crippen molar-refractivity contribution in [3.8, 4) is 5.88 Å². The Balaban J connectivity index is 1.91. The number of aromatic carboxylic acids is 1. The van der Waals surface area contributed by atoms with Crippen LogP contribution in [0.2, 0.25) is 0 Å². The fourth-order valence-electron chi connectivity index (χ4n) is 3.77. The number of aromatic hydroxyl groups is 1. The largest absolute Gasteiger partial charge is 0.494 e. The van der Waals surface area contributed by atoms with Crippen molar-refractivity contribution in [3.63, 3.8) is 0 Å². The van der Waals surface area contributed by atoms with Gasteiger partial charge >= 0.3 is 5.97 Å². The van der Waals surface area contributed by atoms with E-state index in [0.29, 0.717) is 6.54 Å². The quantitative estimate of drug-likeness (QED) is 0.430. The number of para-hydroxylation sites is 1. The predicted octanol–water partition coefficient (Wildman–Crippen LogP) is 6.00. The van der Waals surface area contributed by atoms with E-state index >= 15 is 0 Å². The van der Waals surface area contributed by atoms with Crippen LogP contribution < -0.4 is 0 Å². The van der Waals surface area contributed by atoms with Crippen LogP contribution in [-0.4, -0.2) is 20.7 Å². The van der Waals surface area contributed by atoms with Gasteiger partial charge in [-0.15, -0.1) is 0 Å². The van der Waals surface area contributed by atoms with Crippen molar-refractivity contribution in [2.24, 2.45) is 0 Å². The Kier molecular flexibility index (Phi) is 4.99. The van der Waals surface area contributed by atoms with Gasteiger partial charge in [0, 0.05) is 5.39 Å². The van der Waals surface area contributed by atoms with Crippen molar-refractivity contribution in [3.05, 3.63) is 93.2 Å². The summed E-state index contributed by atoms with van der Waals surface area (Å²) in [5, 5.41) is 25.7. The zero-order valence-electron chi connectivity index (χ0n) is 16.2. The lowest BCUT2D eigenvalue weighted by Gasteiger charge is -2.11. The number of carbonyl (C=O) groups is 1. The summed E-state index contributed by atoms with van der Waals surface area (Å²) in [6.07, 6.45) is 0. The Morgan fingerprint density at radius 1 is 1.03 bits per heavy atom. The SMILES string of the molecule is CC(C)=C(c1ccsc1)c1c(O)n(Cc2cccc(C(=O)O)c2)c2ccccc12. The highest BCUT2D eigenvalue weighted by Crippen LogP contribution is 2.41. The second-order valence-corrected chi connectivity index (χ2v) is 7.97. The van der Waals surface area contributed by atoms with Crippen molar-refractivity contribution in [1.29, 1.82) is 0 Å². The molecule has 0 fully saturated rings. The minimum absolute atomic E-state index is 0.189. The molecule has 4 nitrogen and oxygen atoms in total. The number of allylic oxidation sites excluding steroid dienone is 1. The van der Waals surface area contributed by atoms with Crippen LogP contribution in [0.25, 0.3) is 16.5 Å². The van der Waals surface area contributed by atoms with Gasteiger partial charge in [0.2, 0.25) is 5.88 Å². The second-order valence-electron chi connectivity index (χ2n) is 7.19. The number of rotatable bonds is 5. The Bertz CT molecular complexity index is 1230. The maximum Gasteiger partial charge on any atom is 0.335 e. The van der Waals surface area contributed by atoms with Gasteiger partial charge in [-0.2, -0.15) is 11.3 Å². The number of nitrogens with zero attached hydrogens (tertiary/aromatic N) is 1. The number of thiophene rings is 1. The van der Waals surface area contributed by atoms with Crippen LogP contribution in [0.4, 0.5) is 0 Å². The third kappa shape index (κ3) is 3.45. The first-order chi connectivity index (χ1) is 14.0. The number of hydrogen-bond donors (Lipinski definition) is 2. The molecular weight excluding hydrogens is 382 g/mol. The van der Waals surface area contributed by atoms with E-state index < -0.39 is 5.97 Å². The summed E-state index contributed by atoms with van der Waals surface area (Å²) in [6.45, 7) is 4.48. The third-order valence-corrected chi connectivity index (χ3v) is 5.70. The molecule has 0 atom stereocenters. The van der Waals surface area contributed by atoms with E-state index in [4.69, 9.17) is 0 Å². The molecule has 4 rings (SSSR count). The summed E-state index contributed by atoms with van der Waals surface area (Å²) in [7, 11) is 0. The molecule has 0 saturated heterocycles. The highest BCUT2D eigenvalue weighted by atomic mass is 32.1. The van der Waals surface area contributed by atoms with Crippen LogP contribution >= 0.6 is 11.3 Å². The summed E-state index contributed by atoms with van der Waals surface area (Å²) in [5.41, 5.74) is 6.01. The summed E-state index contributed by atoms with van der Waals surface area (Å²) in [4.78, 5) is 11.3. The molecule has 2 aromatic carbocycles. The molecule has 146 valence electrons. The fraction of sp³-hybridized carbons (Fsp3) is 0.125. The molecule has 0 aliphatic carbocycles. The first kappa shape index (κ1) is 19.0. The monoisotopic (exact) mass is 403 g/mol. The summed E-state index contributed by atoms with van der Waals surface area (Å²) >= 11 is 1.63. The summed E-state index contributed by atoms with van der Waals surface area (Å²) in [5.74, 6) is -0.771. The summed E-state index contributed by atoms with van der Waals surface area (Å²) in [6, 6.07) is 16.8. The Labute approximate surface area is 173 Å². The molecule has 2 N–H and O–H groups in total. The van der Waals surface area contributed by atoms with Crippen molar-refractivity contribution in [2.75, 3.05) is 0 Å². The van der Waals surface area contributed by atoms with Gasteiger partial charge < -0.3 is 14.8 Å². The van der Waals surface area contributed by atoms with E-state index in [-0.39, 0.29) is 11.4 Å². The first-order valence-corrected chi connectivity index (χ1v) is 10.2. The Hall–Kier alpha value is -3.31. The Morgan fingerprint density at radius 2 is 1.83 bits per heavy atom. The number of carboxylic acids is 1. The summed E-state index contributed by atoms with van der Waals surface area (Å²) < 4.78 is 1.85. The van der Waals surface area contributed by atoms with E-state index in [0.717, 1.165) is 38.7 Å². The van der Waals surface area contributed by atoms with Crippen molar-refractivity contribution in [2.45, 2.75) is 20.4 Å². The molecule has 0 bridgehead atoms. The first-order valence-electron chi connectivity index (χ1n) is 9.30. The number of benzene rings is 2. The fourth-order valence-corrected chi connectivity index (χ4v) is 4.42. The average molecular weight is 404 g/mol. The van der Waals surface area contributed by atoms with E-state index in [1.54, 1.807) is 29.5 Å². The molecule has 0 aliphatic rings. The number of hydrogen-bond acceptors (Lipinski definition) is 3. The predicted molar refractivity (Wildman–Crippen MR) is 118 cm³/mol. The standard InChI is InChI=1S/C24H21NO3S/c1-15(2)21(18-10-11-29-14-18)22-19-8-3-4-9-20(19)25(23(22)26)13-16-6-5-7-17(12-16)24(27)28/h3-12,14,26H,13H2,1-2H3,(H,27,28). The van der Waals surface area contributed by atoms with Gasteiger partial charge in [0.05, 0.1) is 23.2 Å². The second kappa shape index (κ2) is 7.60. The molecule has 5 heteroatoms. The molecule has 0 amide bonds. The zero-order chi connectivity index (χ0) is 20.5. The lowest BCUT2D eigenvalue weighted by atomic mass is 9.95. The van der Waals surface area contributed by atoms with Crippen molar-refractivity contribution < 1.29 is 15.0 Å². The molecule has 0 unspecified atom stereocenters. The van der Waals surface area contributed by atoms with Crippen LogP contribution in [0, 0.1) is 0 Å². The Morgan fingerprint density at radius 3 is 2.52 bits per heavy atom. The van der Waals surface area contributed by atoms with E-state index in [1.807, 2.05) is 40.3 Å². The lowest BCUT2D eigenvalue weighted by molar-refractivity contribution is 0.0696. The van der Waals surface area contributed by atoms with Crippen LogP contribution in [0.1, 0.15) is 40.9 Å². The number of carboxylic acid groups (broad SMARTS) is 1. The molecule has 2 aromatic heterocycles. The van der Waals surface area contributed by atoms with Crippen LogP contribution in [0.5, 0.6) is 5.88 Å². The van der Waals surface area contributed by atoms with Crippen LogP contribution in [0.3, 0.4) is 0 Å². The van der Waals surface area contributed by atoms with E-state index in [9.17, 15) is 15.0 Å². The highest BCUT2D eigenvalue weighted by molar-refractivity contribution is 7.08. The maximum atomic E-state index is 11.3. The molecule has 0 aliphatic heterocycles. The van der Waals surface area contributed by atoms with Gasteiger partial charge in [-0.25, -0.2) is 4.79 Å². The highest BCUT2D eigenvalue weighted by Gasteiger charge is 2.22. The van der Waals surface area contributed by atoms with Crippen molar-refractivity contribution >= 4 is 33.8 Å². The van der Waals surface area contributed by atoms with Gasteiger partial charge in [-0.3, -0.25) is 0 Å². The van der Waals surface area contributed by atoms with Crippen molar-refractivity contribution in [1.82, 2.24) is 4.57 Å². The maximum absolute atomic E-state index is 11.3. The number of aromatic nitrogens is 1. The molecule has 4 aromatic rings. The van der Waals surface area contributed by atoms with Gasteiger partial charge in [0.15, 0.2) is 0 Å². The topological polar surface area (TPSA) is 62.5 Å². The van der Waals surface area contributed by atoms with Gasteiger partial charge in [0.1, 0.15) is 0 Å². The van der Waals surface area contributed by atoms with Gasteiger partial charge in [-0.05, 0) is 65.6 Å². The molecular formula is C24H21NO3S. The number of fused-ring (bicyclic) bond motifs is 1. The molecule has 29 heavy (non-hydrogen) atoms. The lowest BCUT2D eigenvalue weighted by Crippen LogP contribution is -2.02. The van der Waals surface area contributed by atoms with Gasteiger partial charge in [0.25, 0.3) is 0 Å². The molecule has 0 spiro atoms. The minimum Gasteiger partial charge on any atom is -0.494 e. The van der Waals surface area contributed by atoms with Gasteiger partial charge in [-0.1, -0.05) is 35.9 Å². The smallest absolute Gasteiger partial charge is 0.335 e. The van der Waals surface area contributed by atoms with Crippen LogP contribution in [-0.2, 0) is 6.54 Å². The average Bonchev–Trinajstić information content (AvgIpc) is 3.32. The third-order valence-electron chi connectivity index (χ3n) is 5.02. The zero-order valence-corrected chi connectivity index (χ0v) is 17.0. The van der Waals surface area contributed by atoms with Crippen LogP contribution in [0.15, 0.2) is 70.9 Å². The molecule has 0 radical (unpaired) electrons. The van der Waals surface area contributed by atoms with E-state index in [1.165, 1.54) is 0 Å². The molecule has 0 saturated carbocycles.